The third kappa shape index (κ3) is 1.97. The first-order valence-corrected chi connectivity index (χ1v) is 7.21. The van der Waals surface area contributed by atoms with E-state index in [0.29, 0.717) is 5.92 Å². The van der Waals surface area contributed by atoms with Gasteiger partial charge < -0.3 is 10.5 Å². The average molecular weight is 266 g/mol. The molecule has 98 valence electrons. The number of nitrogens with two attached hydrogens (primary N) is 1. The summed E-state index contributed by atoms with van der Waals surface area (Å²) in [6.45, 7) is 2.39. The molecule has 1 saturated heterocycles. The molecule has 2 aliphatic rings. The highest BCUT2D eigenvalue weighted by Gasteiger charge is 2.37. The van der Waals surface area contributed by atoms with Crippen LogP contribution in [-0.4, -0.2) is 19.8 Å². The first kappa shape index (κ1) is 12.5. The van der Waals surface area contributed by atoms with Crippen LogP contribution in [0, 0.1) is 0 Å². The molecule has 1 heterocycles. The number of rotatable bonds is 3. The van der Waals surface area contributed by atoms with Gasteiger partial charge in [-0.3, -0.25) is 0 Å². The van der Waals surface area contributed by atoms with Crippen LogP contribution in [0.3, 0.4) is 0 Å². The van der Waals surface area contributed by atoms with Gasteiger partial charge in [0.2, 0.25) is 0 Å². The van der Waals surface area contributed by atoms with Crippen LogP contribution in [0.2, 0.25) is 5.02 Å². The van der Waals surface area contributed by atoms with Gasteiger partial charge >= 0.3 is 0 Å². The van der Waals surface area contributed by atoms with E-state index in [9.17, 15) is 0 Å². The maximum Gasteiger partial charge on any atom is 0.0536 e. The van der Waals surface area contributed by atoms with Gasteiger partial charge in [-0.2, -0.15) is 0 Å². The van der Waals surface area contributed by atoms with Crippen molar-refractivity contribution in [3.8, 4) is 0 Å². The van der Waals surface area contributed by atoms with Crippen LogP contribution in [0.4, 0.5) is 0 Å². The van der Waals surface area contributed by atoms with Crippen molar-refractivity contribution in [1.29, 1.82) is 0 Å². The molecule has 2 N–H and O–H groups in total. The lowest BCUT2D eigenvalue weighted by atomic mass is 9.64. The quantitative estimate of drug-likeness (QED) is 0.911. The van der Waals surface area contributed by atoms with E-state index in [2.05, 4.69) is 18.2 Å². The van der Waals surface area contributed by atoms with E-state index in [1.807, 2.05) is 0 Å². The second kappa shape index (κ2) is 4.84. The molecule has 1 aromatic carbocycles. The summed E-state index contributed by atoms with van der Waals surface area (Å²) in [5, 5.41) is 0.891. The Balaban J connectivity index is 1.88. The highest BCUT2D eigenvalue weighted by molar-refractivity contribution is 6.31. The van der Waals surface area contributed by atoms with E-state index in [4.69, 9.17) is 22.1 Å². The molecule has 0 amide bonds. The summed E-state index contributed by atoms with van der Waals surface area (Å²) in [5.74, 6) is 0.474. The van der Waals surface area contributed by atoms with Crippen molar-refractivity contribution < 1.29 is 4.74 Å². The Morgan fingerprint density at radius 3 is 2.72 bits per heavy atom. The van der Waals surface area contributed by atoms with Gasteiger partial charge in [0.1, 0.15) is 0 Å². The zero-order valence-electron chi connectivity index (χ0n) is 10.6. The van der Waals surface area contributed by atoms with Crippen molar-refractivity contribution in [1.82, 2.24) is 0 Å². The van der Waals surface area contributed by atoms with Crippen molar-refractivity contribution in [2.24, 2.45) is 5.73 Å². The molecule has 1 aliphatic heterocycles. The molecule has 2 nitrogen and oxygen atoms in total. The fraction of sp³-hybridized carbons (Fsp3) is 0.600. The van der Waals surface area contributed by atoms with Crippen molar-refractivity contribution in [3.63, 3.8) is 0 Å². The maximum atomic E-state index is 6.46. The Bertz CT molecular complexity index is 431. The summed E-state index contributed by atoms with van der Waals surface area (Å²) in [6, 6.07) is 6.56. The highest BCUT2D eigenvalue weighted by atomic mass is 35.5. The summed E-state index contributed by atoms with van der Waals surface area (Å²) < 4.78 is 5.44. The number of hydrogen-bond acceptors (Lipinski definition) is 2. The predicted octanol–water partition coefficient (Wildman–Crippen LogP) is 3.22. The van der Waals surface area contributed by atoms with Crippen LogP contribution >= 0.6 is 11.6 Å². The molecule has 0 spiro atoms. The minimum atomic E-state index is 0.203. The van der Waals surface area contributed by atoms with Gasteiger partial charge in [0.25, 0.3) is 0 Å². The molecule has 0 radical (unpaired) electrons. The molecule has 2 fully saturated rings. The number of benzene rings is 1. The van der Waals surface area contributed by atoms with Crippen molar-refractivity contribution in [3.05, 3.63) is 34.3 Å². The minimum Gasteiger partial charge on any atom is -0.381 e. The first-order chi connectivity index (χ1) is 8.75. The lowest BCUT2D eigenvalue weighted by Gasteiger charge is -2.41. The molecule has 3 heteroatoms. The van der Waals surface area contributed by atoms with Crippen LogP contribution in [0.25, 0.3) is 0 Å². The molecular formula is C15H20ClNO. The standard InChI is InChI=1S/C15H20ClNO/c16-14-8-12(15(10-17)5-1-6-15)2-3-13(14)11-4-7-18-9-11/h2-3,8,11H,1,4-7,9-10,17H2. The van der Waals surface area contributed by atoms with Crippen molar-refractivity contribution in [2.45, 2.75) is 37.0 Å². The van der Waals surface area contributed by atoms with E-state index in [-0.39, 0.29) is 5.41 Å². The lowest BCUT2D eigenvalue weighted by Crippen LogP contribution is -2.41. The summed E-state index contributed by atoms with van der Waals surface area (Å²) in [4.78, 5) is 0. The normalized spacial score (nSPS) is 26.0. The highest BCUT2D eigenvalue weighted by Crippen LogP contribution is 2.44. The van der Waals surface area contributed by atoms with Gasteiger partial charge in [0.05, 0.1) is 6.61 Å². The summed E-state index contributed by atoms with van der Waals surface area (Å²) in [6.07, 6.45) is 4.77. The van der Waals surface area contributed by atoms with E-state index >= 15 is 0 Å². The molecule has 1 aromatic rings. The Morgan fingerprint density at radius 2 is 2.22 bits per heavy atom. The van der Waals surface area contributed by atoms with Crippen LogP contribution in [0.1, 0.15) is 42.7 Å². The minimum absolute atomic E-state index is 0.203. The Labute approximate surface area is 113 Å². The third-order valence-electron chi connectivity index (χ3n) is 4.68. The molecule has 1 atom stereocenters. The Kier molecular flexibility index (Phi) is 3.35. The first-order valence-electron chi connectivity index (χ1n) is 6.83. The Hall–Kier alpha value is -0.570. The third-order valence-corrected chi connectivity index (χ3v) is 5.01. The maximum absolute atomic E-state index is 6.46. The zero-order chi connectivity index (χ0) is 12.6. The lowest BCUT2D eigenvalue weighted by molar-refractivity contribution is 0.194. The van der Waals surface area contributed by atoms with Gasteiger partial charge in [-0.15, -0.1) is 0 Å². The van der Waals surface area contributed by atoms with Gasteiger partial charge in [0, 0.05) is 29.5 Å². The largest absolute Gasteiger partial charge is 0.381 e. The smallest absolute Gasteiger partial charge is 0.0536 e. The van der Waals surface area contributed by atoms with Gasteiger partial charge in [-0.25, -0.2) is 0 Å². The predicted molar refractivity (Wildman–Crippen MR) is 74.2 cm³/mol. The van der Waals surface area contributed by atoms with Gasteiger partial charge in [0.15, 0.2) is 0 Å². The van der Waals surface area contributed by atoms with Crippen molar-refractivity contribution in [2.75, 3.05) is 19.8 Å². The molecule has 18 heavy (non-hydrogen) atoms. The molecule has 0 aromatic heterocycles. The fourth-order valence-corrected chi connectivity index (χ4v) is 3.52. The van der Waals surface area contributed by atoms with Crippen LogP contribution < -0.4 is 5.73 Å². The van der Waals surface area contributed by atoms with Gasteiger partial charge in [-0.1, -0.05) is 30.2 Å². The van der Waals surface area contributed by atoms with Gasteiger partial charge in [-0.05, 0) is 36.5 Å². The van der Waals surface area contributed by atoms with Crippen molar-refractivity contribution >= 4 is 11.6 Å². The van der Waals surface area contributed by atoms with Crippen LogP contribution in [0.5, 0.6) is 0 Å². The summed E-state index contributed by atoms with van der Waals surface area (Å²) in [7, 11) is 0. The molecule has 1 aliphatic carbocycles. The van der Waals surface area contributed by atoms with Crippen LogP contribution in [0.15, 0.2) is 18.2 Å². The van der Waals surface area contributed by atoms with E-state index < -0.39 is 0 Å². The second-order valence-electron chi connectivity index (χ2n) is 5.63. The van der Waals surface area contributed by atoms with Crippen LogP contribution in [-0.2, 0) is 10.2 Å². The number of hydrogen-bond donors (Lipinski definition) is 1. The topological polar surface area (TPSA) is 35.2 Å². The summed E-state index contributed by atoms with van der Waals surface area (Å²) in [5.41, 5.74) is 8.71. The molecule has 3 rings (SSSR count). The number of halogens is 1. The Morgan fingerprint density at radius 1 is 1.39 bits per heavy atom. The van der Waals surface area contributed by atoms with E-state index in [1.165, 1.54) is 30.4 Å². The monoisotopic (exact) mass is 265 g/mol. The van der Waals surface area contributed by atoms with E-state index in [0.717, 1.165) is 31.2 Å². The van der Waals surface area contributed by atoms with E-state index in [1.54, 1.807) is 0 Å². The SMILES string of the molecule is NCC1(c2ccc(C3CCOC3)c(Cl)c2)CCC1. The fourth-order valence-electron chi connectivity index (χ4n) is 3.18. The molecule has 0 bridgehead atoms. The molecule has 1 saturated carbocycles. The number of ether oxygens (including phenoxy) is 1. The molecular weight excluding hydrogens is 246 g/mol. The molecule has 1 unspecified atom stereocenters. The second-order valence-corrected chi connectivity index (χ2v) is 6.04. The average Bonchev–Trinajstić information content (AvgIpc) is 2.82. The zero-order valence-corrected chi connectivity index (χ0v) is 11.4. The summed E-state index contributed by atoms with van der Waals surface area (Å²) >= 11 is 6.46.